The van der Waals surface area contributed by atoms with Gasteiger partial charge in [0, 0.05) is 17.5 Å². The van der Waals surface area contributed by atoms with Crippen LogP contribution in [-0.2, 0) is 9.84 Å². The Kier molecular flexibility index (Phi) is 15.0. The molecule has 0 saturated heterocycles. The van der Waals surface area contributed by atoms with Crippen molar-refractivity contribution in [1.82, 2.24) is 9.78 Å². The van der Waals surface area contributed by atoms with Crippen LogP contribution in [0.4, 0.5) is 4.39 Å². The van der Waals surface area contributed by atoms with E-state index in [9.17, 15) is 17.9 Å². The highest BCUT2D eigenvalue weighted by molar-refractivity contribution is 9.10. The molecule has 9 heteroatoms. The maximum absolute atomic E-state index is 12.3. The molecule has 1 aromatic heterocycles. The lowest BCUT2D eigenvalue weighted by molar-refractivity contribution is 0.443. The van der Waals surface area contributed by atoms with E-state index in [1.54, 1.807) is 6.07 Å². The Morgan fingerprint density at radius 3 is 2.15 bits per heavy atom. The van der Waals surface area contributed by atoms with Gasteiger partial charge < -0.3 is 10.8 Å². The molecule has 0 radical (unpaired) electrons. The SMILES string of the molecule is C=C(/C=C(/CC(CCC)CCC)n1ncc(Br)c1C)c1ccccc1O.CN.CS(=O)(=O)c1ccc(F)cc1. The van der Waals surface area contributed by atoms with Crippen molar-refractivity contribution in [3.63, 3.8) is 0 Å². The standard InChI is InChI=1S/C22H29BrN2O.C7H7FO2S.CH5N/c1-5-9-18(10-6-2)14-19(25-17(4)21(23)15-24-25)13-16(3)20-11-7-8-12-22(20)26;1-11(9,10)7-4-2-6(8)3-5-7;1-2/h7-8,11-13,15,18,26H,3,5-6,9-10,14H2,1-2,4H3;2-5H,1H3;2H2,1H3/b19-13-;;. The smallest absolute Gasteiger partial charge is 0.175 e. The van der Waals surface area contributed by atoms with Crippen LogP contribution in [0, 0.1) is 18.7 Å². The summed E-state index contributed by atoms with van der Waals surface area (Å²) >= 11 is 3.56. The van der Waals surface area contributed by atoms with Crippen LogP contribution in [0.5, 0.6) is 5.75 Å². The van der Waals surface area contributed by atoms with Crippen molar-refractivity contribution in [2.24, 2.45) is 11.7 Å². The van der Waals surface area contributed by atoms with E-state index < -0.39 is 15.7 Å². The van der Waals surface area contributed by atoms with Crippen LogP contribution in [0.25, 0.3) is 11.3 Å². The van der Waals surface area contributed by atoms with Gasteiger partial charge in [0.1, 0.15) is 11.6 Å². The number of phenols is 1. The summed E-state index contributed by atoms with van der Waals surface area (Å²) in [5.41, 5.74) is 8.26. The van der Waals surface area contributed by atoms with Crippen molar-refractivity contribution in [3.8, 4) is 5.75 Å². The van der Waals surface area contributed by atoms with Gasteiger partial charge in [0.2, 0.25) is 0 Å². The average Bonchev–Trinajstić information content (AvgIpc) is 3.23. The van der Waals surface area contributed by atoms with Gasteiger partial charge in [-0.05, 0) is 84.2 Å². The number of allylic oxidation sites excluding steroid dienone is 3. The lowest BCUT2D eigenvalue weighted by Gasteiger charge is -2.19. The van der Waals surface area contributed by atoms with Gasteiger partial charge in [0.25, 0.3) is 0 Å². The molecule has 0 spiro atoms. The summed E-state index contributed by atoms with van der Waals surface area (Å²) in [5.74, 6) is 0.443. The molecule has 0 atom stereocenters. The van der Waals surface area contributed by atoms with Crippen LogP contribution in [-0.4, -0.2) is 36.6 Å². The molecule has 0 aliphatic heterocycles. The molecule has 0 aliphatic rings. The normalized spacial score (nSPS) is 11.4. The molecule has 6 nitrogen and oxygen atoms in total. The molecule has 0 aliphatic carbocycles. The summed E-state index contributed by atoms with van der Waals surface area (Å²) in [6, 6.07) is 12.1. The summed E-state index contributed by atoms with van der Waals surface area (Å²) in [6.45, 7) is 10.7. The summed E-state index contributed by atoms with van der Waals surface area (Å²) < 4.78 is 36.9. The van der Waals surface area contributed by atoms with Crippen molar-refractivity contribution in [3.05, 3.63) is 88.9 Å². The number of nitrogens with two attached hydrogens (primary N) is 1. The first kappa shape index (κ1) is 34.3. The predicted molar refractivity (Wildman–Crippen MR) is 164 cm³/mol. The molecule has 0 amide bonds. The molecule has 0 fully saturated rings. The Labute approximate surface area is 241 Å². The zero-order valence-corrected chi connectivity index (χ0v) is 25.9. The van der Waals surface area contributed by atoms with Gasteiger partial charge in [-0.15, -0.1) is 0 Å². The fourth-order valence-electron chi connectivity index (χ4n) is 4.05. The highest BCUT2D eigenvalue weighted by Gasteiger charge is 2.16. The quantitative estimate of drug-likeness (QED) is 0.179. The van der Waals surface area contributed by atoms with Crippen LogP contribution in [0.15, 0.2) is 76.8 Å². The Balaban J connectivity index is 0.000000487. The second kappa shape index (κ2) is 17.0. The fourth-order valence-corrected chi connectivity index (χ4v) is 4.94. The Morgan fingerprint density at radius 1 is 1.13 bits per heavy atom. The van der Waals surface area contributed by atoms with E-state index in [4.69, 9.17) is 0 Å². The lowest BCUT2D eigenvalue weighted by Crippen LogP contribution is -2.08. The van der Waals surface area contributed by atoms with Gasteiger partial charge in [-0.2, -0.15) is 5.10 Å². The number of hydrogen-bond donors (Lipinski definition) is 2. The summed E-state index contributed by atoms with van der Waals surface area (Å²) in [4.78, 5) is 0.138. The zero-order chi connectivity index (χ0) is 29.6. The number of hydrogen-bond acceptors (Lipinski definition) is 5. The summed E-state index contributed by atoms with van der Waals surface area (Å²) in [7, 11) is -1.69. The zero-order valence-electron chi connectivity index (χ0n) is 23.5. The molecule has 214 valence electrons. The highest BCUT2D eigenvalue weighted by Crippen LogP contribution is 2.31. The van der Waals surface area contributed by atoms with Gasteiger partial charge in [-0.1, -0.05) is 64.3 Å². The van der Waals surface area contributed by atoms with E-state index in [0.717, 1.165) is 51.8 Å². The number of sulfone groups is 1. The maximum atomic E-state index is 12.3. The molecule has 0 bridgehead atoms. The van der Waals surface area contributed by atoms with Crippen molar-refractivity contribution >= 4 is 37.0 Å². The van der Waals surface area contributed by atoms with Crippen LogP contribution in [0.3, 0.4) is 0 Å². The van der Waals surface area contributed by atoms with Crippen molar-refractivity contribution in [2.45, 2.75) is 57.8 Å². The molecule has 2 aromatic carbocycles. The minimum absolute atomic E-state index is 0.138. The molecule has 0 saturated carbocycles. The molecule has 0 unspecified atom stereocenters. The summed E-state index contributed by atoms with van der Waals surface area (Å²) in [6.07, 6.45) is 10.7. The third-order valence-electron chi connectivity index (χ3n) is 5.95. The molecule has 3 aromatic rings. The molecular formula is C30H41BrFN3O3S. The number of benzene rings is 2. The van der Waals surface area contributed by atoms with E-state index in [0.29, 0.717) is 5.92 Å². The van der Waals surface area contributed by atoms with Crippen LogP contribution >= 0.6 is 15.9 Å². The third-order valence-corrected chi connectivity index (χ3v) is 7.85. The minimum Gasteiger partial charge on any atom is -0.507 e. The second-order valence-corrected chi connectivity index (χ2v) is 11.9. The Bertz CT molecular complexity index is 1310. The van der Waals surface area contributed by atoms with Gasteiger partial charge in [0.05, 0.1) is 21.3 Å². The van der Waals surface area contributed by atoms with Gasteiger partial charge >= 0.3 is 0 Å². The van der Waals surface area contributed by atoms with E-state index in [-0.39, 0.29) is 10.6 Å². The first-order valence-corrected chi connectivity index (χ1v) is 15.6. The van der Waals surface area contributed by atoms with E-state index in [2.05, 4.69) is 60.2 Å². The van der Waals surface area contributed by atoms with E-state index >= 15 is 0 Å². The van der Waals surface area contributed by atoms with Crippen molar-refractivity contribution < 1.29 is 17.9 Å². The molecule has 39 heavy (non-hydrogen) atoms. The molecule has 3 N–H and O–H groups in total. The highest BCUT2D eigenvalue weighted by atomic mass is 79.9. The monoisotopic (exact) mass is 621 g/mol. The third kappa shape index (κ3) is 11.1. The minimum atomic E-state index is -3.19. The topological polar surface area (TPSA) is 98.2 Å². The van der Waals surface area contributed by atoms with E-state index in [1.165, 1.54) is 44.9 Å². The number of nitrogens with zero attached hydrogens (tertiary/aromatic N) is 2. The number of aromatic nitrogens is 2. The lowest BCUT2D eigenvalue weighted by atomic mass is 9.92. The van der Waals surface area contributed by atoms with Crippen molar-refractivity contribution in [1.29, 1.82) is 0 Å². The second-order valence-electron chi connectivity index (χ2n) is 9.04. The number of phenolic OH excluding ortho intramolecular Hbond substituents is 1. The summed E-state index contributed by atoms with van der Waals surface area (Å²) in [5, 5.41) is 14.7. The predicted octanol–water partition coefficient (Wildman–Crippen LogP) is 7.62. The van der Waals surface area contributed by atoms with Crippen molar-refractivity contribution in [2.75, 3.05) is 13.3 Å². The first-order valence-electron chi connectivity index (χ1n) is 12.9. The Morgan fingerprint density at radius 2 is 1.69 bits per heavy atom. The largest absolute Gasteiger partial charge is 0.507 e. The number of para-hydroxylation sites is 1. The van der Waals surface area contributed by atoms with Crippen LogP contribution in [0.2, 0.25) is 0 Å². The Hall–Kier alpha value is -2.75. The van der Waals surface area contributed by atoms with Gasteiger partial charge in [-0.3, -0.25) is 0 Å². The van der Waals surface area contributed by atoms with Gasteiger partial charge in [0.15, 0.2) is 9.84 Å². The molecule has 1 heterocycles. The maximum Gasteiger partial charge on any atom is 0.175 e. The number of halogens is 2. The number of aromatic hydroxyl groups is 1. The molecular weight excluding hydrogens is 581 g/mol. The molecule has 3 rings (SSSR count). The van der Waals surface area contributed by atoms with E-state index in [1.807, 2.05) is 29.1 Å². The van der Waals surface area contributed by atoms with Crippen LogP contribution < -0.4 is 5.73 Å². The van der Waals surface area contributed by atoms with Gasteiger partial charge in [-0.25, -0.2) is 17.5 Å². The average molecular weight is 623 g/mol. The fraction of sp³-hybridized carbons (Fsp3) is 0.367. The van der Waals surface area contributed by atoms with Crippen LogP contribution in [0.1, 0.15) is 57.2 Å². The first-order chi connectivity index (χ1) is 18.5. The number of rotatable bonds is 10.